The molecule has 2 amide bonds. The highest BCUT2D eigenvalue weighted by Crippen LogP contribution is 2.46. The fraction of sp³-hybridized carbons (Fsp3) is 0.200. The van der Waals surface area contributed by atoms with Gasteiger partial charge in [-0.3, -0.25) is 9.59 Å². The SMILES string of the molecule is COc1ccccc1NC(=O)[C@H]1c2ccccc2C(=O)N2CCc3ccccc3[C@@H]12. The van der Waals surface area contributed by atoms with E-state index in [1.165, 1.54) is 5.56 Å². The Morgan fingerprint density at radius 2 is 1.67 bits per heavy atom. The van der Waals surface area contributed by atoms with Crippen LogP contribution < -0.4 is 10.1 Å². The minimum Gasteiger partial charge on any atom is -0.495 e. The van der Waals surface area contributed by atoms with E-state index in [9.17, 15) is 9.59 Å². The average molecular weight is 398 g/mol. The molecule has 0 spiro atoms. The Bertz CT molecular complexity index is 1140. The predicted molar refractivity (Wildman–Crippen MR) is 115 cm³/mol. The number of fused-ring (bicyclic) bond motifs is 4. The highest BCUT2D eigenvalue weighted by atomic mass is 16.5. The second-order valence-electron chi connectivity index (χ2n) is 7.65. The monoisotopic (exact) mass is 398 g/mol. The topological polar surface area (TPSA) is 58.6 Å². The standard InChI is InChI=1S/C25H22N2O3/c1-30-21-13-7-6-12-20(21)26-24(28)22-18-10-4-5-11-19(18)25(29)27-15-14-16-8-2-3-9-17(16)23(22)27/h2-13,22-23H,14-15H2,1H3,(H,26,28)/t22-,23-/m0/s1. The number of hydrogen-bond donors (Lipinski definition) is 1. The van der Waals surface area contributed by atoms with Crippen molar-refractivity contribution in [3.05, 3.63) is 95.1 Å². The summed E-state index contributed by atoms with van der Waals surface area (Å²) in [5.74, 6) is -0.0604. The fourth-order valence-electron chi connectivity index (χ4n) is 4.72. The zero-order valence-corrected chi connectivity index (χ0v) is 16.7. The maximum Gasteiger partial charge on any atom is 0.254 e. The van der Waals surface area contributed by atoms with Gasteiger partial charge in [-0.15, -0.1) is 0 Å². The van der Waals surface area contributed by atoms with Crippen LogP contribution in [0.1, 0.15) is 39.0 Å². The quantitative estimate of drug-likeness (QED) is 0.720. The molecule has 30 heavy (non-hydrogen) atoms. The Labute approximate surface area is 175 Å². The first-order valence-corrected chi connectivity index (χ1v) is 10.1. The molecule has 0 aliphatic carbocycles. The number of carbonyl (C=O) groups excluding carboxylic acids is 2. The molecule has 2 heterocycles. The van der Waals surface area contributed by atoms with Crippen molar-refractivity contribution in [2.75, 3.05) is 19.0 Å². The van der Waals surface area contributed by atoms with Crippen LogP contribution in [0.2, 0.25) is 0 Å². The summed E-state index contributed by atoms with van der Waals surface area (Å²) in [7, 11) is 1.58. The van der Waals surface area contributed by atoms with Gasteiger partial charge in [0, 0.05) is 12.1 Å². The summed E-state index contributed by atoms with van der Waals surface area (Å²) in [5, 5.41) is 3.05. The number of nitrogens with zero attached hydrogens (tertiary/aromatic N) is 1. The molecule has 5 rings (SSSR count). The lowest BCUT2D eigenvalue weighted by Gasteiger charge is -2.45. The van der Waals surface area contributed by atoms with E-state index in [1.54, 1.807) is 7.11 Å². The van der Waals surface area contributed by atoms with E-state index in [4.69, 9.17) is 4.74 Å². The lowest BCUT2D eigenvalue weighted by molar-refractivity contribution is -0.119. The van der Waals surface area contributed by atoms with Gasteiger partial charge in [-0.05, 0) is 41.3 Å². The van der Waals surface area contributed by atoms with E-state index in [-0.39, 0.29) is 17.9 Å². The number of ether oxygens (including phenoxy) is 1. The molecule has 2 aliphatic rings. The van der Waals surface area contributed by atoms with Crippen LogP contribution >= 0.6 is 0 Å². The molecule has 0 saturated carbocycles. The Morgan fingerprint density at radius 1 is 0.967 bits per heavy atom. The second-order valence-corrected chi connectivity index (χ2v) is 7.65. The van der Waals surface area contributed by atoms with Crippen LogP contribution in [0.25, 0.3) is 0 Å². The normalized spacial score (nSPS) is 19.4. The molecule has 150 valence electrons. The number of methoxy groups -OCH3 is 1. The summed E-state index contributed by atoms with van der Waals surface area (Å²) in [5.41, 5.74) is 4.24. The number of anilines is 1. The van der Waals surface area contributed by atoms with Crippen LogP contribution in [0.4, 0.5) is 5.69 Å². The third kappa shape index (κ3) is 2.86. The van der Waals surface area contributed by atoms with Crippen molar-refractivity contribution in [2.24, 2.45) is 0 Å². The van der Waals surface area contributed by atoms with Gasteiger partial charge in [-0.2, -0.15) is 0 Å². The minimum atomic E-state index is -0.509. The summed E-state index contributed by atoms with van der Waals surface area (Å²) < 4.78 is 5.40. The first-order chi connectivity index (χ1) is 14.7. The van der Waals surface area contributed by atoms with E-state index in [0.29, 0.717) is 23.5 Å². The zero-order chi connectivity index (χ0) is 20.7. The first kappa shape index (κ1) is 18.4. The van der Waals surface area contributed by atoms with Gasteiger partial charge in [0.15, 0.2) is 0 Å². The van der Waals surface area contributed by atoms with Crippen molar-refractivity contribution < 1.29 is 14.3 Å². The van der Waals surface area contributed by atoms with Crippen molar-refractivity contribution in [2.45, 2.75) is 18.4 Å². The van der Waals surface area contributed by atoms with Crippen LogP contribution in [0.5, 0.6) is 5.75 Å². The van der Waals surface area contributed by atoms with Gasteiger partial charge >= 0.3 is 0 Å². The summed E-state index contributed by atoms with van der Waals surface area (Å²) in [4.78, 5) is 28.8. The average Bonchev–Trinajstić information content (AvgIpc) is 2.79. The zero-order valence-electron chi connectivity index (χ0n) is 16.7. The van der Waals surface area contributed by atoms with E-state index in [0.717, 1.165) is 17.5 Å². The maximum absolute atomic E-state index is 13.7. The van der Waals surface area contributed by atoms with Crippen LogP contribution in [0.15, 0.2) is 72.8 Å². The predicted octanol–water partition coefficient (Wildman–Crippen LogP) is 4.17. The van der Waals surface area contributed by atoms with Gasteiger partial charge < -0.3 is 15.0 Å². The number of hydrogen-bond acceptors (Lipinski definition) is 3. The highest BCUT2D eigenvalue weighted by Gasteiger charge is 2.46. The van der Waals surface area contributed by atoms with Crippen molar-refractivity contribution >= 4 is 17.5 Å². The van der Waals surface area contributed by atoms with Crippen molar-refractivity contribution in [1.29, 1.82) is 0 Å². The van der Waals surface area contributed by atoms with Crippen LogP contribution in [-0.4, -0.2) is 30.4 Å². The van der Waals surface area contributed by atoms with E-state index >= 15 is 0 Å². The van der Waals surface area contributed by atoms with Crippen molar-refractivity contribution in [3.63, 3.8) is 0 Å². The first-order valence-electron chi connectivity index (χ1n) is 10.1. The smallest absolute Gasteiger partial charge is 0.254 e. The lowest BCUT2D eigenvalue weighted by atomic mass is 9.76. The van der Waals surface area contributed by atoms with Gasteiger partial charge in [-0.1, -0.05) is 54.6 Å². The third-order valence-electron chi connectivity index (χ3n) is 6.08. The van der Waals surface area contributed by atoms with E-state index in [2.05, 4.69) is 11.4 Å². The largest absolute Gasteiger partial charge is 0.495 e. The summed E-state index contributed by atoms with van der Waals surface area (Å²) in [6, 6.07) is 22.6. The molecule has 5 heteroatoms. The Balaban J connectivity index is 1.63. The van der Waals surface area contributed by atoms with Gasteiger partial charge in [0.05, 0.1) is 24.8 Å². The molecule has 1 N–H and O–H groups in total. The number of nitrogens with one attached hydrogen (secondary N) is 1. The molecule has 0 bridgehead atoms. The van der Waals surface area contributed by atoms with Gasteiger partial charge in [-0.25, -0.2) is 0 Å². The van der Waals surface area contributed by atoms with Gasteiger partial charge in [0.25, 0.3) is 5.91 Å². The molecule has 2 aliphatic heterocycles. The Kier molecular flexibility index (Phi) is 4.51. The molecule has 0 saturated heterocycles. The molecule has 5 nitrogen and oxygen atoms in total. The fourth-order valence-corrected chi connectivity index (χ4v) is 4.72. The van der Waals surface area contributed by atoms with Crippen molar-refractivity contribution in [3.8, 4) is 5.75 Å². The van der Waals surface area contributed by atoms with Crippen LogP contribution in [-0.2, 0) is 11.2 Å². The van der Waals surface area contributed by atoms with Crippen LogP contribution in [0, 0.1) is 0 Å². The Hall–Kier alpha value is -3.60. The second kappa shape index (κ2) is 7.34. The summed E-state index contributed by atoms with van der Waals surface area (Å²) in [6.45, 7) is 0.604. The number of para-hydroxylation sites is 2. The highest BCUT2D eigenvalue weighted by molar-refractivity contribution is 6.05. The van der Waals surface area contributed by atoms with Gasteiger partial charge in [0.1, 0.15) is 5.75 Å². The molecule has 0 aromatic heterocycles. The molecular formula is C25H22N2O3. The number of benzene rings is 3. The molecule has 0 unspecified atom stereocenters. The summed E-state index contributed by atoms with van der Waals surface area (Å²) >= 11 is 0. The number of rotatable bonds is 3. The van der Waals surface area contributed by atoms with Gasteiger partial charge in [0.2, 0.25) is 5.91 Å². The molecule has 3 aromatic rings. The van der Waals surface area contributed by atoms with E-state index < -0.39 is 5.92 Å². The Morgan fingerprint density at radius 3 is 2.50 bits per heavy atom. The molecule has 0 fully saturated rings. The molecular weight excluding hydrogens is 376 g/mol. The number of amides is 2. The molecule has 2 atom stereocenters. The lowest BCUT2D eigenvalue weighted by Crippen LogP contribution is -2.49. The van der Waals surface area contributed by atoms with Crippen molar-refractivity contribution in [1.82, 2.24) is 4.90 Å². The van der Waals surface area contributed by atoms with Crippen LogP contribution in [0.3, 0.4) is 0 Å². The van der Waals surface area contributed by atoms with E-state index in [1.807, 2.05) is 71.6 Å². The minimum absolute atomic E-state index is 0.00792. The summed E-state index contributed by atoms with van der Waals surface area (Å²) in [6.07, 6.45) is 0.793. The molecule has 0 radical (unpaired) electrons. The maximum atomic E-state index is 13.7. The number of carbonyl (C=O) groups is 2. The molecule has 3 aromatic carbocycles. The third-order valence-corrected chi connectivity index (χ3v) is 6.08.